The summed E-state index contributed by atoms with van der Waals surface area (Å²) in [7, 11) is -3.34. The standard InChI is InChI=1S/C21H26N2O4S/c1-5-27-19-8-6-7-16(13-19)15(3)22-21(24)17-9-10-20-18(12-17)11-14(2)23(20)28(4,25)26/h6-10,12-15H,5,11H2,1-4H3,(H,22,24). The summed E-state index contributed by atoms with van der Waals surface area (Å²) in [6.45, 7) is 6.30. The molecule has 1 heterocycles. The molecular weight excluding hydrogens is 376 g/mol. The van der Waals surface area contributed by atoms with Crippen molar-refractivity contribution in [1.82, 2.24) is 5.32 Å². The lowest BCUT2D eigenvalue weighted by molar-refractivity contribution is 0.0939. The molecule has 7 heteroatoms. The highest BCUT2D eigenvalue weighted by Crippen LogP contribution is 2.34. The number of rotatable bonds is 6. The third-order valence-electron chi connectivity index (χ3n) is 4.87. The first kappa shape index (κ1) is 20.2. The van der Waals surface area contributed by atoms with Crippen molar-refractivity contribution in [1.29, 1.82) is 0 Å². The number of hydrogen-bond donors (Lipinski definition) is 1. The van der Waals surface area contributed by atoms with Crippen molar-refractivity contribution in [2.75, 3.05) is 17.2 Å². The molecule has 6 nitrogen and oxygen atoms in total. The maximum atomic E-state index is 12.7. The molecule has 0 radical (unpaired) electrons. The molecule has 0 aliphatic carbocycles. The van der Waals surface area contributed by atoms with E-state index in [1.165, 1.54) is 10.6 Å². The predicted octanol–water partition coefficient (Wildman–Crippen LogP) is 3.29. The number of benzene rings is 2. The second kappa shape index (κ2) is 7.83. The van der Waals surface area contributed by atoms with Gasteiger partial charge < -0.3 is 10.1 Å². The summed E-state index contributed by atoms with van der Waals surface area (Å²) in [5, 5.41) is 3.00. The summed E-state index contributed by atoms with van der Waals surface area (Å²) >= 11 is 0. The molecule has 150 valence electrons. The molecule has 28 heavy (non-hydrogen) atoms. The fourth-order valence-corrected chi connectivity index (χ4v) is 4.92. The number of nitrogens with zero attached hydrogens (tertiary/aromatic N) is 1. The molecule has 2 atom stereocenters. The molecule has 0 saturated heterocycles. The molecule has 1 N–H and O–H groups in total. The molecule has 2 aromatic rings. The van der Waals surface area contributed by atoms with Gasteiger partial charge in [0.1, 0.15) is 5.75 Å². The zero-order valence-corrected chi connectivity index (χ0v) is 17.4. The van der Waals surface area contributed by atoms with Crippen molar-refractivity contribution < 1.29 is 17.9 Å². The second-order valence-electron chi connectivity index (χ2n) is 7.16. The van der Waals surface area contributed by atoms with Crippen molar-refractivity contribution >= 4 is 21.6 Å². The van der Waals surface area contributed by atoms with Crippen LogP contribution in [-0.2, 0) is 16.4 Å². The summed E-state index contributed by atoms with van der Waals surface area (Å²) in [6.07, 6.45) is 1.80. The van der Waals surface area contributed by atoms with Gasteiger partial charge in [-0.05, 0) is 68.7 Å². The van der Waals surface area contributed by atoms with E-state index < -0.39 is 10.0 Å². The Morgan fingerprint density at radius 1 is 1.29 bits per heavy atom. The fourth-order valence-electron chi connectivity index (χ4n) is 3.65. The van der Waals surface area contributed by atoms with E-state index in [1.54, 1.807) is 18.2 Å². The average molecular weight is 403 g/mol. The summed E-state index contributed by atoms with van der Waals surface area (Å²) in [5.74, 6) is 0.580. The highest BCUT2D eigenvalue weighted by Gasteiger charge is 2.32. The van der Waals surface area contributed by atoms with Crippen LogP contribution in [0.5, 0.6) is 5.75 Å². The van der Waals surface area contributed by atoms with E-state index in [9.17, 15) is 13.2 Å². The zero-order chi connectivity index (χ0) is 20.5. The number of hydrogen-bond acceptors (Lipinski definition) is 4. The molecule has 0 saturated carbocycles. The second-order valence-corrected chi connectivity index (χ2v) is 9.02. The molecule has 2 aromatic carbocycles. The molecular formula is C21H26N2O4S. The van der Waals surface area contributed by atoms with Crippen LogP contribution < -0.4 is 14.4 Å². The summed E-state index contributed by atoms with van der Waals surface area (Å²) in [4.78, 5) is 12.7. The minimum absolute atomic E-state index is 0.149. The molecule has 3 rings (SSSR count). The Hall–Kier alpha value is -2.54. The van der Waals surface area contributed by atoms with Crippen LogP contribution in [0.4, 0.5) is 5.69 Å². The van der Waals surface area contributed by atoms with Crippen LogP contribution in [0.25, 0.3) is 0 Å². The van der Waals surface area contributed by atoms with E-state index >= 15 is 0 Å². The number of fused-ring (bicyclic) bond motifs is 1. The predicted molar refractivity (Wildman–Crippen MR) is 110 cm³/mol. The topological polar surface area (TPSA) is 75.7 Å². The summed E-state index contributed by atoms with van der Waals surface area (Å²) in [6, 6.07) is 12.5. The largest absolute Gasteiger partial charge is 0.494 e. The molecule has 0 spiro atoms. The fraction of sp³-hybridized carbons (Fsp3) is 0.381. The Morgan fingerprint density at radius 3 is 2.71 bits per heavy atom. The van der Waals surface area contributed by atoms with Crippen LogP contribution in [0.1, 0.15) is 48.3 Å². The van der Waals surface area contributed by atoms with Crippen LogP contribution in [0.15, 0.2) is 42.5 Å². The first-order chi connectivity index (χ1) is 13.2. The number of ether oxygens (including phenoxy) is 1. The normalized spacial score (nSPS) is 17.1. The van der Waals surface area contributed by atoms with Crippen molar-refractivity contribution in [3.8, 4) is 5.75 Å². The Kier molecular flexibility index (Phi) is 5.65. The van der Waals surface area contributed by atoms with Gasteiger partial charge in [-0.15, -0.1) is 0 Å². The van der Waals surface area contributed by atoms with E-state index in [4.69, 9.17) is 4.74 Å². The van der Waals surface area contributed by atoms with Crippen LogP contribution in [0.2, 0.25) is 0 Å². The zero-order valence-electron chi connectivity index (χ0n) is 16.6. The van der Waals surface area contributed by atoms with E-state index in [2.05, 4.69) is 5.32 Å². The lowest BCUT2D eigenvalue weighted by Crippen LogP contribution is -2.34. The van der Waals surface area contributed by atoms with E-state index in [1.807, 2.05) is 45.0 Å². The minimum Gasteiger partial charge on any atom is -0.494 e. The Labute approximate surface area is 166 Å². The molecule has 1 aliphatic heterocycles. The Balaban J connectivity index is 1.77. The summed E-state index contributed by atoms with van der Waals surface area (Å²) in [5.41, 5.74) is 3.01. The molecule has 0 bridgehead atoms. The average Bonchev–Trinajstić information content (AvgIpc) is 2.97. The van der Waals surface area contributed by atoms with Crippen LogP contribution in [0.3, 0.4) is 0 Å². The maximum Gasteiger partial charge on any atom is 0.251 e. The van der Waals surface area contributed by atoms with Gasteiger partial charge in [-0.1, -0.05) is 12.1 Å². The van der Waals surface area contributed by atoms with Gasteiger partial charge in [0.05, 0.1) is 24.6 Å². The van der Waals surface area contributed by atoms with Crippen molar-refractivity contribution in [2.24, 2.45) is 0 Å². The van der Waals surface area contributed by atoms with E-state index in [-0.39, 0.29) is 18.0 Å². The van der Waals surface area contributed by atoms with Crippen molar-refractivity contribution in [3.05, 3.63) is 59.2 Å². The van der Waals surface area contributed by atoms with Crippen molar-refractivity contribution in [2.45, 2.75) is 39.3 Å². The lowest BCUT2D eigenvalue weighted by atomic mass is 10.0. The first-order valence-electron chi connectivity index (χ1n) is 9.36. The maximum absolute atomic E-state index is 12.7. The van der Waals surface area contributed by atoms with Gasteiger partial charge in [-0.3, -0.25) is 9.10 Å². The highest BCUT2D eigenvalue weighted by molar-refractivity contribution is 7.92. The number of anilines is 1. The van der Waals surface area contributed by atoms with Crippen LogP contribution in [0, 0.1) is 0 Å². The smallest absolute Gasteiger partial charge is 0.251 e. The third kappa shape index (κ3) is 4.14. The number of carbonyl (C=O) groups is 1. The van der Waals surface area contributed by atoms with Gasteiger partial charge in [0, 0.05) is 11.6 Å². The van der Waals surface area contributed by atoms with E-state index in [0.717, 1.165) is 16.9 Å². The van der Waals surface area contributed by atoms with E-state index in [0.29, 0.717) is 24.3 Å². The lowest BCUT2D eigenvalue weighted by Gasteiger charge is -2.22. The van der Waals surface area contributed by atoms with Gasteiger partial charge in [0.25, 0.3) is 5.91 Å². The number of amides is 1. The number of nitrogens with one attached hydrogen (secondary N) is 1. The van der Waals surface area contributed by atoms with Crippen LogP contribution >= 0.6 is 0 Å². The molecule has 2 unspecified atom stereocenters. The monoisotopic (exact) mass is 402 g/mol. The van der Waals surface area contributed by atoms with Gasteiger partial charge in [0.15, 0.2) is 0 Å². The number of sulfonamides is 1. The molecule has 0 aromatic heterocycles. The molecule has 1 aliphatic rings. The van der Waals surface area contributed by atoms with Gasteiger partial charge >= 0.3 is 0 Å². The minimum atomic E-state index is -3.34. The molecule has 1 amide bonds. The van der Waals surface area contributed by atoms with Crippen LogP contribution in [-0.4, -0.2) is 33.2 Å². The van der Waals surface area contributed by atoms with Gasteiger partial charge in [-0.2, -0.15) is 0 Å². The van der Waals surface area contributed by atoms with Gasteiger partial charge in [-0.25, -0.2) is 8.42 Å². The molecule has 0 fully saturated rings. The Morgan fingerprint density at radius 2 is 2.04 bits per heavy atom. The van der Waals surface area contributed by atoms with Gasteiger partial charge in [0.2, 0.25) is 10.0 Å². The van der Waals surface area contributed by atoms with Crippen molar-refractivity contribution in [3.63, 3.8) is 0 Å². The highest BCUT2D eigenvalue weighted by atomic mass is 32.2. The quantitative estimate of drug-likeness (QED) is 0.805. The number of carbonyl (C=O) groups excluding carboxylic acids is 1. The SMILES string of the molecule is CCOc1cccc(C(C)NC(=O)c2ccc3c(c2)CC(C)N3S(C)(=O)=O)c1. The third-order valence-corrected chi connectivity index (χ3v) is 6.14. The summed E-state index contributed by atoms with van der Waals surface area (Å²) < 4.78 is 31.0. The first-order valence-corrected chi connectivity index (χ1v) is 11.2. The Bertz CT molecular complexity index is 988.